The van der Waals surface area contributed by atoms with Crippen LogP contribution in [0.2, 0.25) is 10.0 Å². The normalized spacial score (nSPS) is 20.5. The zero-order valence-corrected chi connectivity index (χ0v) is 17.5. The number of carbonyl (C=O) groups excluding carboxylic acids is 1. The van der Waals surface area contributed by atoms with Gasteiger partial charge in [0.1, 0.15) is 0 Å². The molecule has 1 aromatic carbocycles. The number of fused-ring (bicyclic) bond motifs is 1. The molecule has 0 spiro atoms. The highest BCUT2D eigenvalue weighted by Crippen LogP contribution is 2.40. The average molecular weight is 423 g/mol. The molecule has 1 amide bonds. The number of hydrogen-bond donors (Lipinski definition) is 1. The van der Waals surface area contributed by atoms with Crippen molar-refractivity contribution in [3.8, 4) is 0 Å². The van der Waals surface area contributed by atoms with Gasteiger partial charge in [-0.3, -0.25) is 4.79 Å². The smallest absolute Gasteiger partial charge is 0.237 e. The van der Waals surface area contributed by atoms with E-state index in [9.17, 15) is 4.79 Å². The molecule has 6 heteroatoms. The van der Waals surface area contributed by atoms with Crippen molar-refractivity contribution in [1.82, 2.24) is 10.2 Å². The molecule has 1 aromatic heterocycles. The van der Waals surface area contributed by atoms with E-state index in [-0.39, 0.29) is 11.9 Å². The Kier molecular flexibility index (Phi) is 6.08. The third kappa shape index (κ3) is 4.19. The molecule has 2 heterocycles. The molecule has 27 heavy (non-hydrogen) atoms. The summed E-state index contributed by atoms with van der Waals surface area (Å²) in [4.78, 5) is 16.5. The highest BCUT2D eigenvalue weighted by Gasteiger charge is 2.34. The fourth-order valence-corrected chi connectivity index (χ4v) is 5.70. The number of nitrogens with one attached hydrogen (secondary N) is 1. The van der Waals surface area contributed by atoms with Crippen LogP contribution in [-0.2, 0) is 11.2 Å². The van der Waals surface area contributed by atoms with Crippen LogP contribution in [0.25, 0.3) is 0 Å². The molecule has 1 atom stereocenters. The van der Waals surface area contributed by atoms with Crippen LogP contribution >= 0.6 is 34.5 Å². The largest absolute Gasteiger partial charge is 0.330 e. The second-order valence-electron chi connectivity index (χ2n) is 7.42. The van der Waals surface area contributed by atoms with Gasteiger partial charge < -0.3 is 10.2 Å². The molecule has 0 radical (unpaired) electrons. The summed E-state index contributed by atoms with van der Waals surface area (Å²) in [6.45, 7) is 1.12. The van der Waals surface area contributed by atoms with Crippen molar-refractivity contribution in [2.45, 2.75) is 50.6 Å². The SMILES string of the molecule is O=C(CNC1CCCCC1)N1CCc2sccc2[C@@H]1c1ccc(Cl)cc1Cl. The number of benzene rings is 1. The van der Waals surface area contributed by atoms with E-state index in [1.165, 1.54) is 42.5 Å². The summed E-state index contributed by atoms with van der Waals surface area (Å²) in [7, 11) is 0. The van der Waals surface area contributed by atoms with Crippen LogP contribution in [0.4, 0.5) is 0 Å². The maximum absolute atomic E-state index is 13.1. The Hall–Kier alpha value is -1.07. The van der Waals surface area contributed by atoms with Gasteiger partial charge in [0.2, 0.25) is 5.91 Å². The summed E-state index contributed by atoms with van der Waals surface area (Å²) in [5.74, 6) is 0.147. The minimum atomic E-state index is -0.134. The molecule has 0 bridgehead atoms. The van der Waals surface area contributed by atoms with E-state index in [1.807, 2.05) is 17.0 Å². The van der Waals surface area contributed by atoms with Gasteiger partial charge in [0.25, 0.3) is 0 Å². The van der Waals surface area contributed by atoms with E-state index < -0.39 is 0 Å². The number of carbonyl (C=O) groups is 1. The molecule has 1 N–H and O–H groups in total. The van der Waals surface area contributed by atoms with Crippen molar-refractivity contribution >= 4 is 40.4 Å². The summed E-state index contributed by atoms with van der Waals surface area (Å²) in [6.07, 6.45) is 7.09. The first-order chi connectivity index (χ1) is 13.1. The molecule has 0 unspecified atom stereocenters. The maximum atomic E-state index is 13.1. The highest BCUT2D eigenvalue weighted by atomic mass is 35.5. The second-order valence-corrected chi connectivity index (χ2v) is 9.26. The van der Waals surface area contributed by atoms with E-state index in [1.54, 1.807) is 17.4 Å². The fraction of sp³-hybridized carbons (Fsp3) is 0.476. The summed E-state index contributed by atoms with van der Waals surface area (Å²) < 4.78 is 0. The van der Waals surface area contributed by atoms with Crippen LogP contribution in [0.15, 0.2) is 29.6 Å². The van der Waals surface area contributed by atoms with Crippen molar-refractivity contribution in [3.05, 3.63) is 55.7 Å². The van der Waals surface area contributed by atoms with Gasteiger partial charge in [-0.1, -0.05) is 48.5 Å². The fourth-order valence-electron chi connectivity index (χ4n) is 4.28. The van der Waals surface area contributed by atoms with Crippen molar-refractivity contribution in [2.75, 3.05) is 13.1 Å². The molecule has 2 aliphatic rings. The number of amides is 1. The first-order valence-corrected chi connectivity index (χ1v) is 11.3. The third-order valence-electron chi connectivity index (χ3n) is 5.69. The highest BCUT2D eigenvalue weighted by molar-refractivity contribution is 7.10. The summed E-state index contributed by atoms with van der Waals surface area (Å²) in [6, 6.07) is 8.04. The molecule has 1 saturated carbocycles. The van der Waals surface area contributed by atoms with Gasteiger partial charge in [-0.15, -0.1) is 11.3 Å². The number of nitrogens with zero attached hydrogens (tertiary/aromatic N) is 1. The van der Waals surface area contributed by atoms with Crippen LogP contribution in [-0.4, -0.2) is 29.9 Å². The van der Waals surface area contributed by atoms with E-state index in [4.69, 9.17) is 23.2 Å². The lowest BCUT2D eigenvalue weighted by Gasteiger charge is -2.37. The first-order valence-electron chi connectivity index (χ1n) is 9.67. The molecular weight excluding hydrogens is 399 g/mol. The quantitative estimate of drug-likeness (QED) is 0.709. The molecule has 1 fully saturated rings. The van der Waals surface area contributed by atoms with Crippen LogP contribution in [0.1, 0.15) is 54.1 Å². The lowest BCUT2D eigenvalue weighted by atomic mass is 9.93. The van der Waals surface area contributed by atoms with Gasteiger partial charge in [-0.2, -0.15) is 0 Å². The molecule has 3 nitrogen and oxygen atoms in total. The van der Waals surface area contributed by atoms with Gasteiger partial charge in [0.05, 0.1) is 12.6 Å². The number of halogens is 2. The van der Waals surface area contributed by atoms with Crippen molar-refractivity contribution in [1.29, 1.82) is 0 Å². The predicted molar refractivity (Wildman–Crippen MR) is 113 cm³/mol. The van der Waals surface area contributed by atoms with Crippen molar-refractivity contribution in [2.24, 2.45) is 0 Å². The van der Waals surface area contributed by atoms with E-state index in [0.29, 0.717) is 22.6 Å². The Bertz CT molecular complexity index is 816. The summed E-state index contributed by atoms with van der Waals surface area (Å²) >= 11 is 14.4. The van der Waals surface area contributed by atoms with Crippen molar-refractivity contribution in [3.63, 3.8) is 0 Å². The Morgan fingerprint density at radius 3 is 2.74 bits per heavy atom. The number of thiophene rings is 1. The molecule has 2 aromatic rings. The zero-order valence-electron chi connectivity index (χ0n) is 15.2. The average Bonchev–Trinajstić information content (AvgIpc) is 3.15. The van der Waals surface area contributed by atoms with Crippen molar-refractivity contribution < 1.29 is 4.79 Å². The van der Waals surface area contributed by atoms with Crippen LogP contribution < -0.4 is 5.32 Å². The second kappa shape index (κ2) is 8.52. The Balaban J connectivity index is 1.57. The third-order valence-corrected chi connectivity index (χ3v) is 7.25. The standard InChI is InChI=1S/C21H24Cl2N2OS/c22-14-6-7-16(18(23)12-14)21-17-9-11-27-19(17)8-10-25(21)20(26)13-24-15-4-2-1-3-5-15/h6-7,9,11-12,15,21,24H,1-5,8,10,13H2/t21-/m0/s1. The van der Waals surface area contributed by atoms with Gasteiger partial charge in [-0.05, 0) is 54.0 Å². The number of rotatable bonds is 4. The zero-order chi connectivity index (χ0) is 18.8. The minimum absolute atomic E-state index is 0.134. The predicted octanol–water partition coefficient (Wildman–Crippen LogP) is 5.45. The Morgan fingerprint density at radius 2 is 1.96 bits per heavy atom. The van der Waals surface area contributed by atoms with Gasteiger partial charge >= 0.3 is 0 Å². The molecule has 1 aliphatic carbocycles. The van der Waals surface area contributed by atoms with Crippen LogP contribution in [0.3, 0.4) is 0 Å². The monoisotopic (exact) mass is 422 g/mol. The van der Waals surface area contributed by atoms with E-state index >= 15 is 0 Å². The maximum Gasteiger partial charge on any atom is 0.237 e. The number of hydrogen-bond acceptors (Lipinski definition) is 3. The Labute approximate surface area is 174 Å². The topological polar surface area (TPSA) is 32.3 Å². The van der Waals surface area contributed by atoms with E-state index in [2.05, 4.69) is 16.8 Å². The Morgan fingerprint density at radius 1 is 1.15 bits per heavy atom. The van der Waals surface area contributed by atoms with E-state index in [0.717, 1.165) is 18.5 Å². The molecule has 4 rings (SSSR count). The molecule has 0 saturated heterocycles. The summed E-state index contributed by atoms with van der Waals surface area (Å²) in [5.41, 5.74) is 2.15. The van der Waals surface area contributed by atoms with Gasteiger partial charge in [-0.25, -0.2) is 0 Å². The first kappa shape index (κ1) is 19.3. The van der Waals surface area contributed by atoms with Gasteiger partial charge in [0, 0.05) is 27.5 Å². The van der Waals surface area contributed by atoms with Crippen LogP contribution in [0.5, 0.6) is 0 Å². The lowest BCUT2D eigenvalue weighted by molar-refractivity contribution is -0.132. The minimum Gasteiger partial charge on any atom is -0.330 e. The lowest BCUT2D eigenvalue weighted by Crippen LogP contribution is -2.46. The molecular formula is C21H24Cl2N2OS. The molecule has 1 aliphatic heterocycles. The van der Waals surface area contributed by atoms with Gasteiger partial charge in [0.15, 0.2) is 0 Å². The molecule has 144 valence electrons. The van der Waals surface area contributed by atoms with Crippen LogP contribution in [0, 0.1) is 0 Å². The summed E-state index contributed by atoms with van der Waals surface area (Å²) in [5, 5.41) is 6.82.